The van der Waals surface area contributed by atoms with Crippen LogP contribution in [-0.2, 0) is 6.42 Å². The number of aryl methyl sites for hydroxylation is 1. The lowest BCUT2D eigenvalue weighted by Crippen LogP contribution is -2.37. The van der Waals surface area contributed by atoms with Gasteiger partial charge in [0, 0.05) is 13.8 Å². The van der Waals surface area contributed by atoms with Crippen molar-refractivity contribution in [3.05, 3.63) is 22.8 Å². The van der Waals surface area contributed by atoms with E-state index in [1.165, 1.54) is 38.5 Å². The number of hydrogen-bond acceptors (Lipinski definition) is 2. The quantitative estimate of drug-likeness (QED) is 0.365. The predicted octanol–water partition coefficient (Wildman–Crippen LogP) is 8.53. The third-order valence-corrected chi connectivity index (χ3v) is 6.88. The van der Waals surface area contributed by atoms with Crippen LogP contribution in [0.5, 0.6) is 11.5 Å². The summed E-state index contributed by atoms with van der Waals surface area (Å²) >= 11 is 0. The molecule has 1 aromatic carbocycles. The van der Waals surface area contributed by atoms with Crippen molar-refractivity contribution in [1.29, 1.82) is 0 Å². The summed E-state index contributed by atoms with van der Waals surface area (Å²) < 4.78 is 53.6. The number of fused-ring (bicyclic) bond motifs is 1. The molecule has 2 heteroatoms. The zero-order valence-corrected chi connectivity index (χ0v) is 19.9. The standard InChI is InChI=1S/C28H48O2/c1-20(2)11-8-12-21(3)13-9-14-22(4)15-10-17-28(7)18-16-25-24(6)26(29)19-23(5)27(25)30-28/h19-22,29H,8-18H2,1-7H3/t21-,22-,28-/m1/s1/i5D3,6D3. The molecule has 0 bridgehead atoms. The molecule has 0 aliphatic carbocycles. The van der Waals surface area contributed by atoms with Crippen molar-refractivity contribution >= 4 is 0 Å². The molecule has 0 unspecified atom stereocenters. The number of aromatic hydroxyl groups is 1. The van der Waals surface area contributed by atoms with Gasteiger partial charge in [-0.2, -0.15) is 0 Å². The molecule has 30 heavy (non-hydrogen) atoms. The van der Waals surface area contributed by atoms with E-state index in [0.717, 1.165) is 37.2 Å². The summed E-state index contributed by atoms with van der Waals surface area (Å²) in [4.78, 5) is 0. The van der Waals surface area contributed by atoms with Crippen molar-refractivity contribution in [1.82, 2.24) is 0 Å². The second-order valence-electron chi connectivity index (χ2n) is 10.5. The monoisotopic (exact) mass is 422 g/mol. The Morgan fingerprint density at radius 1 is 1.00 bits per heavy atom. The second-order valence-corrected chi connectivity index (χ2v) is 10.5. The zero-order valence-electron chi connectivity index (χ0n) is 25.9. The average Bonchev–Trinajstić information content (AvgIpc) is 2.71. The maximum Gasteiger partial charge on any atom is 0.126 e. The molecular weight excluding hydrogens is 368 g/mol. The van der Waals surface area contributed by atoms with Crippen LogP contribution in [0.4, 0.5) is 0 Å². The van der Waals surface area contributed by atoms with Gasteiger partial charge in [-0.25, -0.2) is 0 Å². The summed E-state index contributed by atoms with van der Waals surface area (Å²) in [5, 5.41) is 10.4. The van der Waals surface area contributed by atoms with Gasteiger partial charge in [0.15, 0.2) is 0 Å². The predicted molar refractivity (Wildman–Crippen MR) is 130 cm³/mol. The molecule has 0 fully saturated rings. The van der Waals surface area contributed by atoms with E-state index in [9.17, 15) is 5.11 Å². The molecule has 2 rings (SSSR count). The first-order valence-corrected chi connectivity index (χ1v) is 12.1. The molecule has 0 aromatic heterocycles. The van der Waals surface area contributed by atoms with Crippen LogP contribution in [0.1, 0.15) is 124 Å². The molecule has 0 spiro atoms. The molecule has 0 saturated heterocycles. The van der Waals surface area contributed by atoms with E-state index in [4.69, 9.17) is 13.0 Å². The SMILES string of the molecule is [2H]C([2H])([2H])c1cc(O)c(C([2H])([2H])[2H])c2c1O[C@](C)(CCC[C@H](C)CCC[C@H](C)CCCC(C)C)CC2. The van der Waals surface area contributed by atoms with Gasteiger partial charge in [-0.3, -0.25) is 0 Å². The van der Waals surface area contributed by atoms with E-state index in [0.29, 0.717) is 24.3 Å². The van der Waals surface area contributed by atoms with Crippen molar-refractivity contribution in [2.24, 2.45) is 17.8 Å². The summed E-state index contributed by atoms with van der Waals surface area (Å²) in [6, 6.07) is 1.06. The highest BCUT2D eigenvalue weighted by Crippen LogP contribution is 2.42. The van der Waals surface area contributed by atoms with E-state index in [1.807, 2.05) is 6.92 Å². The first-order chi connectivity index (χ1) is 16.5. The van der Waals surface area contributed by atoms with Crippen LogP contribution in [0.3, 0.4) is 0 Å². The molecule has 172 valence electrons. The number of hydrogen-bond donors (Lipinski definition) is 1. The average molecular weight is 423 g/mol. The highest BCUT2D eigenvalue weighted by molar-refractivity contribution is 5.53. The van der Waals surface area contributed by atoms with E-state index < -0.39 is 25.1 Å². The lowest BCUT2D eigenvalue weighted by Gasteiger charge is -2.37. The maximum atomic E-state index is 10.4. The Morgan fingerprint density at radius 2 is 1.63 bits per heavy atom. The van der Waals surface area contributed by atoms with Crippen molar-refractivity contribution < 1.29 is 18.1 Å². The largest absolute Gasteiger partial charge is 0.508 e. The summed E-state index contributed by atoms with van der Waals surface area (Å²) in [6.07, 6.45) is 11.6. The molecule has 1 N–H and O–H groups in total. The Labute approximate surface area is 195 Å². The fourth-order valence-corrected chi connectivity index (χ4v) is 4.73. The number of ether oxygens (including phenoxy) is 1. The van der Waals surface area contributed by atoms with Gasteiger partial charge in [-0.15, -0.1) is 0 Å². The van der Waals surface area contributed by atoms with Crippen molar-refractivity contribution in [3.63, 3.8) is 0 Å². The highest BCUT2D eigenvalue weighted by Gasteiger charge is 2.33. The van der Waals surface area contributed by atoms with Crippen LogP contribution in [0.25, 0.3) is 0 Å². The van der Waals surface area contributed by atoms with Crippen LogP contribution in [0, 0.1) is 31.5 Å². The minimum Gasteiger partial charge on any atom is -0.508 e. The summed E-state index contributed by atoms with van der Waals surface area (Å²) in [6.45, 7) is 6.19. The van der Waals surface area contributed by atoms with Gasteiger partial charge in [0.25, 0.3) is 0 Å². The second kappa shape index (κ2) is 11.4. The Bertz CT molecular complexity index is 846. The molecule has 0 saturated carbocycles. The lowest BCUT2D eigenvalue weighted by molar-refractivity contribution is 0.0512. The van der Waals surface area contributed by atoms with Crippen LogP contribution < -0.4 is 4.74 Å². The van der Waals surface area contributed by atoms with Gasteiger partial charge in [-0.05, 0) is 81.3 Å². The van der Waals surface area contributed by atoms with Gasteiger partial charge < -0.3 is 9.84 Å². The number of rotatable bonds is 12. The number of phenols is 1. The highest BCUT2D eigenvalue weighted by atomic mass is 16.5. The van der Waals surface area contributed by atoms with Crippen LogP contribution in [0.2, 0.25) is 0 Å². The van der Waals surface area contributed by atoms with Crippen LogP contribution in [0.15, 0.2) is 6.07 Å². The summed E-state index contributed by atoms with van der Waals surface area (Å²) in [7, 11) is 0. The van der Waals surface area contributed by atoms with E-state index >= 15 is 0 Å². The van der Waals surface area contributed by atoms with Gasteiger partial charge in [0.05, 0.1) is 0 Å². The van der Waals surface area contributed by atoms with Gasteiger partial charge in [-0.1, -0.05) is 72.6 Å². The Kier molecular flexibility index (Phi) is 6.63. The third kappa shape index (κ3) is 7.50. The third-order valence-electron chi connectivity index (χ3n) is 6.88. The zero-order chi connectivity index (χ0) is 27.3. The first kappa shape index (κ1) is 17.4. The minimum absolute atomic E-state index is 0.107. The van der Waals surface area contributed by atoms with Crippen LogP contribution >= 0.6 is 0 Å². The van der Waals surface area contributed by atoms with Gasteiger partial charge >= 0.3 is 0 Å². The molecule has 3 atom stereocenters. The minimum atomic E-state index is -2.54. The van der Waals surface area contributed by atoms with Gasteiger partial charge in [0.2, 0.25) is 0 Å². The molecular formula is C28H48O2. The fraction of sp³-hybridized carbons (Fsp3) is 0.786. The van der Waals surface area contributed by atoms with Gasteiger partial charge in [0.1, 0.15) is 17.1 Å². The Hall–Kier alpha value is -1.18. The molecule has 2 nitrogen and oxygen atoms in total. The molecule has 1 heterocycles. The lowest BCUT2D eigenvalue weighted by atomic mass is 9.84. The topological polar surface area (TPSA) is 29.5 Å². The summed E-state index contributed by atoms with van der Waals surface area (Å²) in [5.41, 5.74) is -0.528. The van der Waals surface area contributed by atoms with Crippen LogP contribution in [-0.4, -0.2) is 10.7 Å². The molecule has 1 aliphatic heterocycles. The Morgan fingerprint density at radius 3 is 2.23 bits per heavy atom. The number of phenolic OH excluding ortho intramolecular Hbond substituents is 1. The van der Waals surface area contributed by atoms with E-state index in [1.54, 1.807) is 0 Å². The van der Waals surface area contributed by atoms with Crippen molar-refractivity contribution in [2.45, 2.75) is 125 Å². The molecule has 1 aromatic rings. The van der Waals surface area contributed by atoms with E-state index in [-0.39, 0.29) is 16.9 Å². The normalized spacial score (nSPS) is 24.5. The first-order valence-electron chi connectivity index (χ1n) is 15.1. The molecule has 0 radical (unpaired) electrons. The Balaban J connectivity index is 1.95. The van der Waals surface area contributed by atoms with E-state index in [2.05, 4.69) is 27.7 Å². The van der Waals surface area contributed by atoms with Crippen molar-refractivity contribution in [2.75, 3.05) is 0 Å². The number of benzene rings is 1. The summed E-state index contributed by atoms with van der Waals surface area (Å²) in [5.74, 6) is 1.85. The smallest absolute Gasteiger partial charge is 0.126 e. The fourth-order valence-electron chi connectivity index (χ4n) is 4.73. The molecule has 1 aliphatic rings. The molecule has 0 amide bonds. The van der Waals surface area contributed by atoms with Crippen molar-refractivity contribution in [3.8, 4) is 11.5 Å². The maximum absolute atomic E-state index is 10.4.